The summed E-state index contributed by atoms with van der Waals surface area (Å²) in [4.78, 5) is 16.3. The summed E-state index contributed by atoms with van der Waals surface area (Å²) in [6.45, 7) is 5.49. The minimum absolute atomic E-state index is 0.0775. The van der Waals surface area contributed by atoms with Gasteiger partial charge < -0.3 is 10.2 Å². The summed E-state index contributed by atoms with van der Waals surface area (Å²) in [6.07, 6.45) is 6.18. The van der Waals surface area contributed by atoms with E-state index in [2.05, 4.69) is 47.3 Å². The monoisotopic (exact) mass is 299 g/mol. The molecule has 1 fully saturated rings. The van der Waals surface area contributed by atoms with E-state index in [-0.39, 0.29) is 18.6 Å². The van der Waals surface area contributed by atoms with E-state index in [0.717, 1.165) is 26.1 Å². The Hall–Kier alpha value is -1.99. The van der Waals surface area contributed by atoms with Crippen molar-refractivity contribution in [1.82, 2.24) is 15.1 Å². The lowest BCUT2D eigenvalue weighted by molar-refractivity contribution is 0.0895. The van der Waals surface area contributed by atoms with E-state index in [1.165, 1.54) is 5.56 Å². The highest BCUT2D eigenvalue weighted by atomic mass is 16.2. The topological polar surface area (TPSA) is 35.6 Å². The summed E-state index contributed by atoms with van der Waals surface area (Å²) in [5, 5.41) is 2.74. The molecule has 1 aromatic rings. The van der Waals surface area contributed by atoms with Crippen molar-refractivity contribution in [2.45, 2.75) is 25.9 Å². The molecular formula is C18H25N3O. The van der Waals surface area contributed by atoms with Gasteiger partial charge in [0, 0.05) is 32.7 Å². The molecule has 4 nitrogen and oxygen atoms in total. The summed E-state index contributed by atoms with van der Waals surface area (Å²) >= 11 is 0. The van der Waals surface area contributed by atoms with Gasteiger partial charge in [-0.25, -0.2) is 4.79 Å². The van der Waals surface area contributed by atoms with E-state index in [9.17, 15) is 4.79 Å². The standard InChI is InChI=1S/C18H25N3O/c1-4-11-19-18(22)20(3)17-10-12-21(13-15(17)2)14-16-8-6-5-7-9-16/h1,5-9,15,17H,10-14H2,2-3H3,(H,19,22)/t15-,17-/m1/s1. The van der Waals surface area contributed by atoms with Crippen LogP contribution < -0.4 is 5.32 Å². The third-order valence-electron chi connectivity index (χ3n) is 4.35. The molecule has 2 rings (SSSR count). The number of hydrogen-bond acceptors (Lipinski definition) is 2. The highest BCUT2D eigenvalue weighted by Gasteiger charge is 2.30. The zero-order valence-electron chi connectivity index (χ0n) is 13.5. The zero-order chi connectivity index (χ0) is 15.9. The highest BCUT2D eigenvalue weighted by molar-refractivity contribution is 5.74. The second kappa shape index (κ2) is 7.86. The van der Waals surface area contributed by atoms with Crippen LogP contribution in [0.4, 0.5) is 4.79 Å². The summed E-state index contributed by atoms with van der Waals surface area (Å²) in [7, 11) is 1.86. The van der Waals surface area contributed by atoms with Crippen LogP contribution >= 0.6 is 0 Å². The predicted octanol–water partition coefficient (Wildman–Crippen LogP) is 2.17. The molecule has 118 valence electrons. The van der Waals surface area contributed by atoms with Crippen LogP contribution in [-0.2, 0) is 6.54 Å². The fourth-order valence-electron chi connectivity index (χ4n) is 3.18. The summed E-state index contributed by atoms with van der Waals surface area (Å²) < 4.78 is 0. The van der Waals surface area contributed by atoms with E-state index in [4.69, 9.17) is 6.42 Å². The molecule has 2 amide bonds. The molecular weight excluding hydrogens is 274 g/mol. The van der Waals surface area contributed by atoms with E-state index in [1.807, 2.05) is 18.0 Å². The maximum Gasteiger partial charge on any atom is 0.318 e. The number of piperidine rings is 1. The van der Waals surface area contributed by atoms with E-state index >= 15 is 0 Å². The molecule has 0 bridgehead atoms. The number of benzene rings is 1. The van der Waals surface area contributed by atoms with Crippen molar-refractivity contribution in [3.05, 3.63) is 35.9 Å². The van der Waals surface area contributed by atoms with Gasteiger partial charge in [-0.1, -0.05) is 43.2 Å². The van der Waals surface area contributed by atoms with Crippen molar-refractivity contribution in [3.63, 3.8) is 0 Å². The van der Waals surface area contributed by atoms with Crippen molar-refractivity contribution in [3.8, 4) is 12.3 Å². The number of rotatable bonds is 4. The number of carbonyl (C=O) groups excluding carboxylic acids is 1. The van der Waals surface area contributed by atoms with Crippen molar-refractivity contribution < 1.29 is 4.79 Å². The third-order valence-corrected chi connectivity index (χ3v) is 4.35. The fraction of sp³-hybridized carbons (Fsp3) is 0.500. The van der Waals surface area contributed by atoms with Crippen LogP contribution in [0.5, 0.6) is 0 Å². The predicted molar refractivity (Wildman–Crippen MR) is 89.3 cm³/mol. The van der Waals surface area contributed by atoms with Gasteiger partial charge in [-0.15, -0.1) is 6.42 Å². The molecule has 1 saturated heterocycles. The van der Waals surface area contributed by atoms with Crippen molar-refractivity contribution in [2.24, 2.45) is 5.92 Å². The molecule has 0 radical (unpaired) electrons. The number of likely N-dealkylation sites (tertiary alicyclic amines) is 1. The fourth-order valence-corrected chi connectivity index (χ4v) is 3.18. The lowest BCUT2D eigenvalue weighted by atomic mass is 9.92. The van der Waals surface area contributed by atoms with Gasteiger partial charge in [-0.3, -0.25) is 4.90 Å². The summed E-state index contributed by atoms with van der Waals surface area (Å²) in [6, 6.07) is 10.7. The van der Waals surface area contributed by atoms with Gasteiger partial charge in [-0.05, 0) is 17.9 Å². The molecule has 1 aliphatic heterocycles. The maximum atomic E-state index is 12.0. The van der Waals surface area contributed by atoms with Gasteiger partial charge in [0.05, 0.1) is 6.54 Å². The molecule has 0 unspecified atom stereocenters. The number of carbonyl (C=O) groups is 1. The zero-order valence-corrected chi connectivity index (χ0v) is 13.5. The molecule has 1 heterocycles. The van der Waals surface area contributed by atoms with Gasteiger partial charge in [-0.2, -0.15) is 0 Å². The molecule has 22 heavy (non-hydrogen) atoms. The number of urea groups is 1. The molecule has 0 aliphatic carbocycles. The number of nitrogens with one attached hydrogen (secondary N) is 1. The van der Waals surface area contributed by atoms with Crippen molar-refractivity contribution in [2.75, 3.05) is 26.7 Å². The lowest BCUT2D eigenvalue weighted by Gasteiger charge is -2.41. The van der Waals surface area contributed by atoms with Crippen molar-refractivity contribution >= 4 is 6.03 Å². The molecule has 1 N–H and O–H groups in total. The second-order valence-electron chi connectivity index (χ2n) is 6.03. The smallest absolute Gasteiger partial charge is 0.318 e. The van der Waals surface area contributed by atoms with Crippen LogP contribution in [0.15, 0.2) is 30.3 Å². The molecule has 1 aliphatic rings. The van der Waals surface area contributed by atoms with Gasteiger partial charge in [0.15, 0.2) is 0 Å². The Morgan fingerprint density at radius 3 is 2.82 bits per heavy atom. The molecule has 4 heteroatoms. The Morgan fingerprint density at radius 2 is 2.18 bits per heavy atom. The largest absolute Gasteiger partial charge is 0.327 e. The Bertz CT molecular complexity index is 523. The van der Waals surface area contributed by atoms with E-state index in [1.54, 1.807) is 0 Å². The SMILES string of the molecule is C#CCNC(=O)N(C)[C@@H]1CCN(Cc2ccccc2)C[C@H]1C. The Morgan fingerprint density at radius 1 is 1.45 bits per heavy atom. The minimum atomic E-state index is -0.0775. The second-order valence-corrected chi connectivity index (χ2v) is 6.03. The van der Waals surface area contributed by atoms with Crippen LogP contribution in [0, 0.1) is 18.3 Å². The number of amides is 2. The molecule has 0 saturated carbocycles. The quantitative estimate of drug-likeness (QED) is 0.865. The first-order valence-corrected chi connectivity index (χ1v) is 7.82. The molecule has 0 spiro atoms. The van der Waals surface area contributed by atoms with Crippen LogP contribution in [0.25, 0.3) is 0 Å². The summed E-state index contributed by atoms with van der Waals surface area (Å²) in [5.74, 6) is 2.88. The first-order chi connectivity index (χ1) is 10.6. The van der Waals surface area contributed by atoms with Crippen LogP contribution in [-0.4, -0.2) is 48.6 Å². The van der Waals surface area contributed by atoms with E-state index < -0.39 is 0 Å². The summed E-state index contributed by atoms with van der Waals surface area (Å²) in [5.41, 5.74) is 1.34. The first kappa shape index (κ1) is 16.4. The number of terminal acetylenes is 1. The highest BCUT2D eigenvalue weighted by Crippen LogP contribution is 2.22. The Kier molecular flexibility index (Phi) is 5.85. The maximum absolute atomic E-state index is 12.0. The normalized spacial score (nSPS) is 21.9. The van der Waals surface area contributed by atoms with Gasteiger partial charge >= 0.3 is 6.03 Å². The van der Waals surface area contributed by atoms with Gasteiger partial charge in [0.1, 0.15) is 0 Å². The lowest BCUT2D eigenvalue weighted by Crippen LogP contribution is -2.52. The van der Waals surface area contributed by atoms with Gasteiger partial charge in [0.25, 0.3) is 0 Å². The van der Waals surface area contributed by atoms with Gasteiger partial charge in [0.2, 0.25) is 0 Å². The molecule has 1 aromatic carbocycles. The Labute approximate surface area is 133 Å². The number of nitrogens with zero attached hydrogens (tertiary/aromatic N) is 2. The Balaban J connectivity index is 1.87. The van der Waals surface area contributed by atoms with Crippen LogP contribution in [0.2, 0.25) is 0 Å². The minimum Gasteiger partial charge on any atom is -0.327 e. The average molecular weight is 299 g/mol. The third kappa shape index (κ3) is 4.25. The molecule has 0 aromatic heterocycles. The average Bonchev–Trinajstić information content (AvgIpc) is 2.53. The van der Waals surface area contributed by atoms with Crippen LogP contribution in [0.3, 0.4) is 0 Å². The van der Waals surface area contributed by atoms with Crippen molar-refractivity contribution in [1.29, 1.82) is 0 Å². The first-order valence-electron chi connectivity index (χ1n) is 7.82. The van der Waals surface area contributed by atoms with Crippen LogP contribution in [0.1, 0.15) is 18.9 Å². The molecule has 2 atom stereocenters. The van der Waals surface area contributed by atoms with E-state index in [0.29, 0.717) is 5.92 Å². The number of hydrogen-bond donors (Lipinski definition) is 1.